The maximum Gasteiger partial charge on any atom is 0.343 e. The van der Waals surface area contributed by atoms with Crippen LogP contribution in [0.25, 0.3) is 0 Å². The van der Waals surface area contributed by atoms with Crippen molar-refractivity contribution in [3.05, 3.63) is 20.8 Å². The number of carbonyl (C=O) groups is 1. The third-order valence-electron chi connectivity index (χ3n) is 1.87. The molecule has 78 valence electrons. The average Bonchev–Trinajstić information content (AvgIpc) is 2.41. The van der Waals surface area contributed by atoms with Gasteiger partial charge in [0.2, 0.25) is 0 Å². The van der Waals surface area contributed by atoms with Gasteiger partial charge in [-0.15, -0.1) is 0 Å². The fourth-order valence-electron chi connectivity index (χ4n) is 1.19. The molecular weight excluding hydrogens is 316 g/mol. The number of carbonyl (C=O) groups excluding carboxylic acids is 1. The molecule has 0 spiro atoms. The van der Waals surface area contributed by atoms with Gasteiger partial charge in [-0.1, -0.05) is 29.3 Å². The first kappa shape index (κ1) is 11.9. The molecule has 1 heterocycles. The number of ether oxygens (including phenoxy) is 1. The summed E-state index contributed by atoms with van der Waals surface area (Å²) in [6, 6.07) is 0. The molecule has 0 saturated heterocycles. The van der Waals surface area contributed by atoms with Crippen molar-refractivity contribution < 1.29 is 14.6 Å². The second-order valence-corrected chi connectivity index (χ2v) is 4.15. The van der Waals surface area contributed by atoms with E-state index in [0.29, 0.717) is 22.2 Å². The molecule has 0 saturated carbocycles. The fourth-order valence-corrected chi connectivity index (χ4v) is 2.44. The van der Waals surface area contributed by atoms with Crippen molar-refractivity contribution >= 4 is 37.8 Å². The Morgan fingerprint density at radius 2 is 2.29 bits per heavy atom. The summed E-state index contributed by atoms with van der Waals surface area (Å²) >= 11 is 6.29. The molecule has 1 aliphatic heterocycles. The number of rotatable bonds is 3. The van der Waals surface area contributed by atoms with Crippen LogP contribution in [0.4, 0.5) is 0 Å². The topological polar surface area (TPSA) is 46.5 Å². The summed E-state index contributed by atoms with van der Waals surface area (Å²) in [5.74, 6) is -0.0799. The molecule has 0 aromatic carbocycles. The summed E-state index contributed by atoms with van der Waals surface area (Å²) in [6.07, 6.45) is 0.604. The number of aliphatic hydroxyl groups excluding tert-OH is 1. The van der Waals surface area contributed by atoms with E-state index in [-0.39, 0.29) is 0 Å². The van der Waals surface area contributed by atoms with E-state index in [2.05, 4.69) is 31.9 Å². The van der Waals surface area contributed by atoms with E-state index in [0.717, 1.165) is 6.42 Å². The standard InChI is InChI=1S/C9H10Br2O3/c1-2-3-5(12)7-8(11)6(4-10)14-9(7)13/h4-5,12H,2-3H2,1H3/b6-4+. The van der Waals surface area contributed by atoms with Crippen LogP contribution in [-0.4, -0.2) is 17.2 Å². The van der Waals surface area contributed by atoms with Gasteiger partial charge in [-0.3, -0.25) is 0 Å². The summed E-state index contributed by atoms with van der Waals surface area (Å²) in [5.41, 5.74) is 0.303. The molecule has 1 unspecified atom stereocenters. The Balaban J connectivity index is 2.95. The molecule has 14 heavy (non-hydrogen) atoms. The fraction of sp³-hybridized carbons (Fsp3) is 0.444. The minimum Gasteiger partial charge on any atom is -0.421 e. The van der Waals surface area contributed by atoms with Crippen molar-refractivity contribution in [2.24, 2.45) is 0 Å². The monoisotopic (exact) mass is 324 g/mol. The largest absolute Gasteiger partial charge is 0.421 e. The van der Waals surface area contributed by atoms with Crippen molar-refractivity contribution in [2.75, 3.05) is 0 Å². The van der Waals surface area contributed by atoms with E-state index < -0.39 is 12.1 Å². The summed E-state index contributed by atoms with van der Waals surface area (Å²) in [4.78, 5) is 12.8. The predicted octanol–water partition coefficient (Wildman–Crippen LogP) is 2.59. The third-order valence-corrected chi connectivity index (χ3v) is 3.10. The lowest BCUT2D eigenvalue weighted by atomic mass is 10.1. The minimum atomic E-state index is -0.758. The van der Waals surface area contributed by atoms with Crippen LogP contribution in [0.2, 0.25) is 0 Å². The number of aliphatic hydroxyl groups is 1. The average molecular weight is 326 g/mol. The quantitative estimate of drug-likeness (QED) is 0.811. The van der Waals surface area contributed by atoms with Crippen LogP contribution in [0.15, 0.2) is 20.8 Å². The highest BCUT2D eigenvalue weighted by Crippen LogP contribution is 2.34. The summed E-state index contributed by atoms with van der Waals surface area (Å²) in [7, 11) is 0. The van der Waals surface area contributed by atoms with Crippen LogP contribution >= 0.6 is 31.9 Å². The first-order valence-corrected chi connectivity index (χ1v) is 5.93. The maximum atomic E-state index is 11.3. The molecule has 0 aromatic heterocycles. The molecule has 0 bridgehead atoms. The Morgan fingerprint density at radius 3 is 2.71 bits per heavy atom. The van der Waals surface area contributed by atoms with Crippen molar-refractivity contribution in [2.45, 2.75) is 25.9 Å². The zero-order valence-electron chi connectivity index (χ0n) is 7.59. The van der Waals surface area contributed by atoms with Crippen molar-refractivity contribution in [1.82, 2.24) is 0 Å². The molecule has 1 rings (SSSR count). The van der Waals surface area contributed by atoms with Crippen molar-refractivity contribution in [3.63, 3.8) is 0 Å². The van der Waals surface area contributed by atoms with Gasteiger partial charge in [0.25, 0.3) is 0 Å². The molecule has 0 fully saturated rings. The zero-order chi connectivity index (χ0) is 10.7. The molecule has 1 aliphatic rings. The second kappa shape index (κ2) is 5.09. The van der Waals surface area contributed by atoms with Gasteiger partial charge in [-0.2, -0.15) is 0 Å². The van der Waals surface area contributed by atoms with Gasteiger partial charge in [-0.25, -0.2) is 4.79 Å². The van der Waals surface area contributed by atoms with Crippen LogP contribution in [0.1, 0.15) is 19.8 Å². The SMILES string of the molecule is CCCC(O)C1=C(Br)/C(=C\Br)OC1=O. The van der Waals surface area contributed by atoms with E-state index in [1.165, 1.54) is 4.99 Å². The Kier molecular flexibility index (Phi) is 4.34. The number of hydrogen-bond acceptors (Lipinski definition) is 3. The Bertz CT molecular complexity index is 307. The molecule has 1 atom stereocenters. The lowest BCUT2D eigenvalue weighted by molar-refractivity contribution is -0.134. The normalized spacial score (nSPS) is 21.7. The van der Waals surface area contributed by atoms with Crippen molar-refractivity contribution in [3.8, 4) is 0 Å². The highest BCUT2D eigenvalue weighted by Gasteiger charge is 2.32. The molecule has 0 radical (unpaired) electrons. The lowest BCUT2D eigenvalue weighted by Crippen LogP contribution is -2.15. The van der Waals surface area contributed by atoms with Gasteiger partial charge in [0.1, 0.15) is 0 Å². The predicted molar refractivity (Wildman–Crippen MR) is 60.0 cm³/mol. The van der Waals surface area contributed by atoms with Gasteiger partial charge in [-0.05, 0) is 22.4 Å². The molecule has 1 N–H and O–H groups in total. The van der Waals surface area contributed by atoms with Crippen molar-refractivity contribution in [1.29, 1.82) is 0 Å². The third kappa shape index (κ3) is 2.27. The van der Waals surface area contributed by atoms with Crippen LogP contribution in [0.5, 0.6) is 0 Å². The van der Waals surface area contributed by atoms with E-state index in [9.17, 15) is 9.90 Å². The van der Waals surface area contributed by atoms with Crippen LogP contribution in [0.3, 0.4) is 0 Å². The highest BCUT2D eigenvalue weighted by molar-refractivity contribution is 9.12. The lowest BCUT2D eigenvalue weighted by Gasteiger charge is -2.07. The number of cyclic esters (lactones) is 1. The molecule has 0 amide bonds. The van der Waals surface area contributed by atoms with E-state index in [1.54, 1.807) is 0 Å². The maximum absolute atomic E-state index is 11.3. The minimum absolute atomic E-state index is 0.303. The zero-order valence-corrected chi connectivity index (χ0v) is 10.8. The first-order chi connectivity index (χ1) is 6.61. The van der Waals surface area contributed by atoms with E-state index in [4.69, 9.17) is 4.74 Å². The molecule has 3 nitrogen and oxygen atoms in total. The number of hydrogen-bond donors (Lipinski definition) is 1. The Labute approximate surface area is 99.1 Å². The molecule has 0 aliphatic carbocycles. The van der Waals surface area contributed by atoms with E-state index >= 15 is 0 Å². The summed E-state index contributed by atoms with van der Waals surface area (Å²) in [6.45, 7) is 1.94. The summed E-state index contributed by atoms with van der Waals surface area (Å²) in [5, 5.41) is 9.67. The second-order valence-electron chi connectivity index (χ2n) is 2.90. The smallest absolute Gasteiger partial charge is 0.343 e. The van der Waals surface area contributed by atoms with Crippen LogP contribution < -0.4 is 0 Å². The molecular formula is C9H10Br2O3. The summed E-state index contributed by atoms with van der Waals surface area (Å²) < 4.78 is 5.43. The first-order valence-electron chi connectivity index (χ1n) is 4.22. The van der Waals surface area contributed by atoms with Gasteiger partial charge in [0.15, 0.2) is 5.76 Å². The van der Waals surface area contributed by atoms with Gasteiger partial charge in [0, 0.05) is 4.99 Å². The molecule has 5 heteroatoms. The van der Waals surface area contributed by atoms with Crippen LogP contribution in [0, 0.1) is 0 Å². The Hall–Kier alpha value is -0.130. The van der Waals surface area contributed by atoms with E-state index in [1.807, 2.05) is 6.92 Å². The number of halogens is 2. The molecule has 0 aromatic rings. The van der Waals surface area contributed by atoms with Crippen LogP contribution in [-0.2, 0) is 9.53 Å². The Morgan fingerprint density at radius 1 is 1.64 bits per heavy atom. The number of allylic oxidation sites excluding steroid dienone is 1. The van der Waals surface area contributed by atoms with Gasteiger partial charge < -0.3 is 9.84 Å². The van der Waals surface area contributed by atoms with Gasteiger partial charge >= 0.3 is 5.97 Å². The van der Waals surface area contributed by atoms with Gasteiger partial charge in [0.05, 0.1) is 16.2 Å². The highest BCUT2D eigenvalue weighted by atomic mass is 79.9. The number of esters is 1.